The third-order valence-electron chi connectivity index (χ3n) is 3.73. The van der Waals surface area contributed by atoms with Crippen molar-refractivity contribution in [2.75, 3.05) is 18.0 Å². The van der Waals surface area contributed by atoms with E-state index >= 15 is 0 Å². The molecule has 2 heterocycles. The lowest BCUT2D eigenvalue weighted by molar-refractivity contribution is -0.137. The van der Waals surface area contributed by atoms with Gasteiger partial charge in [-0.15, -0.1) is 0 Å². The highest BCUT2D eigenvalue weighted by Crippen LogP contribution is 2.36. The third-order valence-corrected chi connectivity index (χ3v) is 3.73. The normalized spacial score (nSPS) is 20.1. The minimum absolute atomic E-state index is 0.0234. The number of alkyl halides is 3. The van der Waals surface area contributed by atoms with Gasteiger partial charge >= 0.3 is 6.18 Å². The average Bonchev–Trinajstić information content (AvgIpc) is 2.63. The highest BCUT2D eigenvalue weighted by atomic mass is 19.4. The molecule has 7 heteroatoms. The Labute approximate surface area is 121 Å². The minimum atomic E-state index is -4.41. The standard InChI is InChI=1S/C14H18F3N3O/c15-14(16,17)11-4-1-6-19-13(11)20-7-2-3-10(5-8-20)9-12(18)21/h1,4,6,10H,2-3,5,7-9H2,(H2,18,21). The molecule has 4 nitrogen and oxygen atoms in total. The van der Waals surface area contributed by atoms with E-state index in [9.17, 15) is 18.0 Å². The number of primary amides is 1. The molecule has 1 atom stereocenters. The number of nitrogens with zero attached hydrogens (tertiary/aromatic N) is 2. The van der Waals surface area contributed by atoms with Crippen LogP contribution in [0.3, 0.4) is 0 Å². The van der Waals surface area contributed by atoms with Gasteiger partial charge in [-0.1, -0.05) is 0 Å². The van der Waals surface area contributed by atoms with E-state index in [0.717, 1.165) is 18.9 Å². The van der Waals surface area contributed by atoms with Crippen LogP contribution in [0.2, 0.25) is 0 Å². The summed E-state index contributed by atoms with van der Waals surface area (Å²) in [6.45, 7) is 0.966. The Bertz CT molecular complexity index is 504. The number of carbonyl (C=O) groups is 1. The van der Waals surface area contributed by atoms with Gasteiger partial charge in [-0.25, -0.2) is 4.98 Å². The maximum Gasteiger partial charge on any atom is 0.419 e. The van der Waals surface area contributed by atoms with Crippen molar-refractivity contribution in [3.8, 4) is 0 Å². The predicted molar refractivity (Wildman–Crippen MR) is 72.6 cm³/mol. The molecular formula is C14H18F3N3O. The van der Waals surface area contributed by atoms with E-state index in [2.05, 4.69) is 4.98 Å². The molecule has 0 spiro atoms. The zero-order valence-electron chi connectivity index (χ0n) is 11.6. The molecule has 0 bridgehead atoms. The zero-order chi connectivity index (χ0) is 15.5. The summed E-state index contributed by atoms with van der Waals surface area (Å²) >= 11 is 0. The molecule has 116 valence electrons. The lowest BCUT2D eigenvalue weighted by Crippen LogP contribution is -2.28. The van der Waals surface area contributed by atoms with Gasteiger partial charge in [0.25, 0.3) is 0 Å². The summed E-state index contributed by atoms with van der Waals surface area (Å²) in [4.78, 5) is 16.5. The summed E-state index contributed by atoms with van der Waals surface area (Å²) in [7, 11) is 0. The first kappa shape index (κ1) is 15.6. The van der Waals surface area contributed by atoms with Crippen molar-refractivity contribution in [3.05, 3.63) is 23.9 Å². The van der Waals surface area contributed by atoms with Crippen LogP contribution in [0.1, 0.15) is 31.2 Å². The molecule has 1 fully saturated rings. The van der Waals surface area contributed by atoms with Crippen LogP contribution < -0.4 is 10.6 Å². The molecule has 21 heavy (non-hydrogen) atoms. The second-order valence-electron chi connectivity index (χ2n) is 5.33. The summed E-state index contributed by atoms with van der Waals surface area (Å²) in [5, 5.41) is 0. The average molecular weight is 301 g/mol. The first-order valence-corrected chi connectivity index (χ1v) is 6.93. The topological polar surface area (TPSA) is 59.2 Å². The van der Waals surface area contributed by atoms with E-state index < -0.39 is 11.7 Å². The Morgan fingerprint density at radius 1 is 1.38 bits per heavy atom. The highest BCUT2D eigenvalue weighted by Gasteiger charge is 2.36. The number of anilines is 1. The second-order valence-corrected chi connectivity index (χ2v) is 5.33. The molecule has 0 aliphatic carbocycles. The third kappa shape index (κ3) is 4.09. The molecule has 1 amide bonds. The lowest BCUT2D eigenvalue weighted by atomic mass is 9.97. The van der Waals surface area contributed by atoms with Crippen molar-refractivity contribution in [2.45, 2.75) is 31.9 Å². The quantitative estimate of drug-likeness (QED) is 0.933. The Kier molecular flexibility index (Phi) is 4.69. The van der Waals surface area contributed by atoms with E-state index in [-0.39, 0.29) is 17.6 Å². The molecular weight excluding hydrogens is 283 g/mol. The molecule has 1 aromatic rings. The van der Waals surface area contributed by atoms with Crippen LogP contribution in [0.25, 0.3) is 0 Å². The van der Waals surface area contributed by atoms with Crippen LogP contribution in [0, 0.1) is 5.92 Å². The van der Waals surface area contributed by atoms with Gasteiger partial charge in [0.15, 0.2) is 0 Å². The number of carbonyl (C=O) groups excluding carboxylic acids is 1. The van der Waals surface area contributed by atoms with Gasteiger partial charge in [0.1, 0.15) is 5.82 Å². The van der Waals surface area contributed by atoms with Crippen LogP contribution >= 0.6 is 0 Å². The van der Waals surface area contributed by atoms with Crippen LogP contribution in [-0.2, 0) is 11.0 Å². The van der Waals surface area contributed by atoms with Crippen LogP contribution in [-0.4, -0.2) is 24.0 Å². The smallest absolute Gasteiger partial charge is 0.370 e. The monoisotopic (exact) mass is 301 g/mol. The first-order valence-electron chi connectivity index (χ1n) is 6.93. The van der Waals surface area contributed by atoms with Gasteiger partial charge in [-0.2, -0.15) is 13.2 Å². The van der Waals surface area contributed by atoms with Gasteiger partial charge in [0, 0.05) is 25.7 Å². The van der Waals surface area contributed by atoms with Crippen molar-refractivity contribution >= 4 is 11.7 Å². The molecule has 1 saturated heterocycles. The molecule has 2 N–H and O–H groups in total. The van der Waals surface area contributed by atoms with Crippen molar-refractivity contribution in [2.24, 2.45) is 11.7 Å². The number of hydrogen-bond acceptors (Lipinski definition) is 3. The lowest BCUT2D eigenvalue weighted by Gasteiger charge is -2.24. The largest absolute Gasteiger partial charge is 0.419 e. The van der Waals surface area contributed by atoms with E-state index in [1.165, 1.54) is 12.3 Å². The molecule has 1 aromatic heterocycles. The fourth-order valence-corrected chi connectivity index (χ4v) is 2.74. The van der Waals surface area contributed by atoms with E-state index in [1.807, 2.05) is 0 Å². The summed E-state index contributed by atoms with van der Waals surface area (Å²) in [5.74, 6) is -0.238. The van der Waals surface area contributed by atoms with Crippen molar-refractivity contribution in [3.63, 3.8) is 0 Å². The first-order chi connectivity index (χ1) is 9.88. The van der Waals surface area contributed by atoms with Crippen molar-refractivity contribution < 1.29 is 18.0 Å². The number of hydrogen-bond donors (Lipinski definition) is 1. The van der Waals surface area contributed by atoms with Gasteiger partial charge in [0.05, 0.1) is 5.56 Å². The maximum absolute atomic E-state index is 13.0. The SMILES string of the molecule is NC(=O)CC1CCCN(c2ncccc2C(F)(F)F)CC1. The Balaban J connectivity index is 2.14. The number of halogens is 3. The highest BCUT2D eigenvalue weighted by molar-refractivity contribution is 5.74. The Hall–Kier alpha value is -1.79. The summed E-state index contributed by atoms with van der Waals surface area (Å²) in [6, 6.07) is 2.34. The second kappa shape index (κ2) is 6.32. The summed E-state index contributed by atoms with van der Waals surface area (Å²) in [5.41, 5.74) is 4.48. The Morgan fingerprint density at radius 2 is 2.14 bits per heavy atom. The number of rotatable bonds is 3. The Morgan fingerprint density at radius 3 is 2.81 bits per heavy atom. The van der Waals surface area contributed by atoms with Gasteiger partial charge in [-0.3, -0.25) is 4.79 Å². The van der Waals surface area contributed by atoms with Crippen LogP contribution in [0.5, 0.6) is 0 Å². The van der Waals surface area contributed by atoms with E-state index in [4.69, 9.17) is 5.73 Å². The molecule has 1 aliphatic heterocycles. The van der Waals surface area contributed by atoms with E-state index in [0.29, 0.717) is 25.9 Å². The minimum Gasteiger partial charge on any atom is -0.370 e. The fourth-order valence-electron chi connectivity index (χ4n) is 2.74. The molecule has 0 aromatic carbocycles. The number of amides is 1. The summed E-state index contributed by atoms with van der Waals surface area (Å²) in [6.07, 6.45) is -0.572. The molecule has 1 unspecified atom stereocenters. The summed E-state index contributed by atoms with van der Waals surface area (Å²) < 4.78 is 39.1. The number of nitrogens with two attached hydrogens (primary N) is 1. The fraction of sp³-hybridized carbons (Fsp3) is 0.571. The van der Waals surface area contributed by atoms with Gasteiger partial charge in [-0.05, 0) is 37.3 Å². The number of pyridine rings is 1. The number of aromatic nitrogens is 1. The van der Waals surface area contributed by atoms with Crippen molar-refractivity contribution in [1.29, 1.82) is 0 Å². The van der Waals surface area contributed by atoms with Gasteiger partial charge < -0.3 is 10.6 Å². The van der Waals surface area contributed by atoms with Crippen LogP contribution in [0.4, 0.5) is 19.0 Å². The molecule has 1 aliphatic rings. The molecule has 2 rings (SSSR count). The molecule has 0 saturated carbocycles. The zero-order valence-corrected chi connectivity index (χ0v) is 11.6. The van der Waals surface area contributed by atoms with Gasteiger partial charge in [0.2, 0.25) is 5.91 Å². The van der Waals surface area contributed by atoms with Crippen molar-refractivity contribution in [1.82, 2.24) is 4.98 Å². The maximum atomic E-state index is 13.0. The predicted octanol–water partition coefficient (Wildman–Crippen LogP) is 2.58. The van der Waals surface area contributed by atoms with E-state index in [1.54, 1.807) is 4.90 Å². The van der Waals surface area contributed by atoms with Crippen LogP contribution in [0.15, 0.2) is 18.3 Å². The molecule has 0 radical (unpaired) electrons.